The molecule has 4 nitrogen and oxygen atoms in total. The predicted octanol–water partition coefficient (Wildman–Crippen LogP) is 4.36. The Kier molecular flexibility index (Phi) is 5.49. The summed E-state index contributed by atoms with van der Waals surface area (Å²) in [5, 5.41) is 0. The van der Waals surface area contributed by atoms with Crippen LogP contribution in [0.2, 0.25) is 0 Å². The van der Waals surface area contributed by atoms with Crippen molar-refractivity contribution in [2.24, 2.45) is 0 Å². The topological polar surface area (TPSA) is 44.8 Å². The average Bonchev–Trinajstić information content (AvgIpc) is 2.62. The van der Waals surface area contributed by atoms with E-state index in [1.54, 1.807) is 6.07 Å². The number of para-hydroxylation sites is 1. The van der Waals surface area contributed by atoms with Gasteiger partial charge in [0.2, 0.25) is 0 Å². The molecule has 0 aromatic heterocycles. The summed E-state index contributed by atoms with van der Waals surface area (Å²) in [6.45, 7) is 3.52. The molecule has 0 N–H and O–H groups in total. The van der Waals surface area contributed by atoms with Crippen molar-refractivity contribution < 1.29 is 19.0 Å². The van der Waals surface area contributed by atoms with E-state index in [2.05, 4.69) is 6.92 Å². The summed E-state index contributed by atoms with van der Waals surface area (Å²) in [6, 6.07) is 13.4. The van der Waals surface area contributed by atoms with Crippen molar-refractivity contribution in [3.8, 4) is 11.5 Å². The van der Waals surface area contributed by atoms with E-state index in [4.69, 9.17) is 14.2 Å². The van der Waals surface area contributed by atoms with Gasteiger partial charge in [0.1, 0.15) is 18.1 Å². The lowest BCUT2D eigenvalue weighted by atomic mass is 9.96. The molecule has 0 radical (unpaired) electrons. The molecule has 1 aliphatic rings. The third-order valence-electron chi connectivity index (χ3n) is 4.02. The summed E-state index contributed by atoms with van der Waals surface area (Å²) >= 11 is 0. The fourth-order valence-electron chi connectivity index (χ4n) is 2.71. The van der Waals surface area contributed by atoms with E-state index in [-0.39, 0.29) is 12.6 Å². The van der Waals surface area contributed by atoms with Crippen LogP contribution in [-0.4, -0.2) is 25.8 Å². The molecule has 126 valence electrons. The molecule has 0 aliphatic carbocycles. The molecule has 0 saturated heterocycles. The molecule has 0 spiro atoms. The third-order valence-corrected chi connectivity index (χ3v) is 4.02. The van der Waals surface area contributed by atoms with Crippen molar-refractivity contribution in [2.45, 2.75) is 26.2 Å². The Balaban J connectivity index is 1.64. The second kappa shape index (κ2) is 7.97. The molecule has 1 aliphatic heterocycles. The van der Waals surface area contributed by atoms with Crippen molar-refractivity contribution >= 4 is 5.97 Å². The highest BCUT2D eigenvalue weighted by Crippen LogP contribution is 2.37. The van der Waals surface area contributed by atoms with E-state index >= 15 is 0 Å². The summed E-state index contributed by atoms with van der Waals surface area (Å²) in [5.41, 5.74) is 2.52. The van der Waals surface area contributed by atoms with E-state index in [1.807, 2.05) is 36.4 Å². The maximum Gasteiger partial charge on any atom is 0.338 e. The molecule has 0 atom stereocenters. The van der Waals surface area contributed by atoms with Crippen LogP contribution in [0, 0.1) is 0 Å². The van der Waals surface area contributed by atoms with Crippen LogP contribution in [0.25, 0.3) is 0 Å². The van der Waals surface area contributed by atoms with Gasteiger partial charge in [0.25, 0.3) is 0 Å². The van der Waals surface area contributed by atoms with Crippen molar-refractivity contribution in [1.29, 1.82) is 0 Å². The first-order valence-corrected chi connectivity index (χ1v) is 8.42. The van der Waals surface area contributed by atoms with Gasteiger partial charge in [0, 0.05) is 18.6 Å². The van der Waals surface area contributed by atoms with Crippen LogP contribution in [0.3, 0.4) is 0 Å². The van der Waals surface area contributed by atoms with Gasteiger partial charge in [0.15, 0.2) is 0 Å². The Morgan fingerprint density at radius 1 is 1.04 bits per heavy atom. The van der Waals surface area contributed by atoms with E-state index < -0.39 is 0 Å². The molecule has 0 amide bonds. The van der Waals surface area contributed by atoms with Gasteiger partial charge in [-0.1, -0.05) is 37.6 Å². The van der Waals surface area contributed by atoms with Gasteiger partial charge in [-0.05, 0) is 30.2 Å². The highest BCUT2D eigenvalue weighted by molar-refractivity contribution is 5.92. The molecular weight excluding hydrogens is 304 g/mol. The molecule has 0 saturated carbocycles. The van der Waals surface area contributed by atoms with Crippen molar-refractivity contribution in [1.82, 2.24) is 0 Å². The van der Waals surface area contributed by atoms with E-state index in [0.29, 0.717) is 25.2 Å². The van der Waals surface area contributed by atoms with Gasteiger partial charge >= 0.3 is 5.97 Å². The number of fused-ring (bicyclic) bond motifs is 2. The van der Waals surface area contributed by atoms with Crippen LogP contribution >= 0.6 is 0 Å². The van der Waals surface area contributed by atoms with Gasteiger partial charge in [0.05, 0.1) is 12.2 Å². The molecule has 2 aromatic carbocycles. The number of benzene rings is 2. The van der Waals surface area contributed by atoms with Crippen LogP contribution in [0.5, 0.6) is 11.5 Å². The Hall–Kier alpha value is -2.33. The van der Waals surface area contributed by atoms with Crippen molar-refractivity contribution in [3.63, 3.8) is 0 Å². The lowest BCUT2D eigenvalue weighted by molar-refractivity contribution is 0.0312. The number of rotatable bonds is 7. The van der Waals surface area contributed by atoms with E-state index in [1.165, 1.54) is 0 Å². The normalized spacial score (nSPS) is 12.0. The van der Waals surface area contributed by atoms with Gasteiger partial charge in [-0.15, -0.1) is 0 Å². The average molecular weight is 326 g/mol. The molecular formula is C20H22O4. The zero-order valence-electron chi connectivity index (χ0n) is 13.9. The van der Waals surface area contributed by atoms with Crippen LogP contribution < -0.4 is 4.74 Å². The number of ether oxygens (including phenoxy) is 3. The molecule has 3 rings (SSSR count). The maximum atomic E-state index is 12.4. The quantitative estimate of drug-likeness (QED) is 0.478. The fraction of sp³-hybridized carbons (Fsp3) is 0.350. The fourth-order valence-corrected chi connectivity index (χ4v) is 2.71. The summed E-state index contributed by atoms with van der Waals surface area (Å²) in [6.07, 6.45) is 2.79. The van der Waals surface area contributed by atoms with Gasteiger partial charge in [-0.3, -0.25) is 0 Å². The molecule has 0 unspecified atom stereocenters. The molecule has 0 fully saturated rings. The SMILES string of the molecule is CCCCOCCOC(=O)c1cccc2c1Cc1ccccc1O2. The lowest BCUT2D eigenvalue weighted by Crippen LogP contribution is -2.15. The Morgan fingerprint density at radius 3 is 2.75 bits per heavy atom. The number of esters is 1. The van der Waals surface area contributed by atoms with Crippen molar-refractivity contribution in [3.05, 3.63) is 59.2 Å². The van der Waals surface area contributed by atoms with Gasteiger partial charge in [-0.25, -0.2) is 4.79 Å². The highest BCUT2D eigenvalue weighted by atomic mass is 16.6. The van der Waals surface area contributed by atoms with Crippen LogP contribution in [-0.2, 0) is 15.9 Å². The summed E-state index contributed by atoms with van der Waals surface area (Å²) in [7, 11) is 0. The standard InChI is InChI=1S/C20H22O4/c1-2-3-11-22-12-13-23-20(21)16-8-6-10-19-17(16)14-15-7-4-5-9-18(15)24-19/h4-10H,2-3,11-14H2,1H3. The first-order valence-electron chi connectivity index (χ1n) is 8.42. The van der Waals surface area contributed by atoms with Crippen LogP contribution in [0.1, 0.15) is 41.3 Å². The zero-order chi connectivity index (χ0) is 16.8. The van der Waals surface area contributed by atoms with Crippen molar-refractivity contribution in [2.75, 3.05) is 19.8 Å². The molecule has 2 aromatic rings. The number of carbonyl (C=O) groups excluding carboxylic acids is 1. The molecule has 0 bridgehead atoms. The van der Waals surface area contributed by atoms with Crippen LogP contribution in [0.15, 0.2) is 42.5 Å². The highest BCUT2D eigenvalue weighted by Gasteiger charge is 2.22. The first-order chi connectivity index (χ1) is 11.8. The number of carbonyl (C=O) groups is 1. The Morgan fingerprint density at radius 2 is 1.88 bits per heavy atom. The van der Waals surface area contributed by atoms with Gasteiger partial charge < -0.3 is 14.2 Å². The lowest BCUT2D eigenvalue weighted by Gasteiger charge is -2.21. The molecule has 4 heteroatoms. The molecule has 1 heterocycles. The van der Waals surface area contributed by atoms with E-state index in [0.717, 1.165) is 35.5 Å². The second-order valence-corrected chi connectivity index (χ2v) is 5.77. The summed E-state index contributed by atoms with van der Waals surface area (Å²) < 4.78 is 16.7. The minimum atomic E-state index is -0.325. The number of hydrogen-bond donors (Lipinski definition) is 0. The molecule has 24 heavy (non-hydrogen) atoms. The van der Waals surface area contributed by atoms with Gasteiger partial charge in [-0.2, -0.15) is 0 Å². The predicted molar refractivity (Wildman–Crippen MR) is 91.8 cm³/mol. The number of hydrogen-bond acceptors (Lipinski definition) is 4. The summed E-state index contributed by atoms with van der Waals surface area (Å²) in [4.78, 5) is 12.4. The maximum absolute atomic E-state index is 12.4. The minimum absolute atomic E-state index is 0.268. The largest absolute Gasteiger partial charge is 0.460 e. The first kappa shape index (κ1) is 16.5. The van der Waals surface area contributed by atoms with Crippen LogP contribution in [0.4, 0.5) is 0 Å². The Bertz CT molecular complexity index is 709. The Labute approximate surface area is 142 Å². The third kappa shape index (κ3) is 3.77. The zero-order valence-corrected chi connectivity index (χ0v) is 13.9. The van der Waals surface area contributed by atoms with E-state index in [9.17, 15) is 4.79 Å². The summed E-state index contributed by atoms with van der Waals surface area (Å²) in [5.74, 6) is 1.25. The smallest absolute Gasteiger partial charge is 0.338 e. The monoisotopic (exact) mass is 326 g/mol. The minimum Gasteiger partial charge on any atom is -0.460 e. The second-order valence-electron chi connectivity index (χ2n) is 5.77. The number of unbranched alkanes of at least 4 members (excludes halogenated alkanes) is 1.